The Balaban J connectivity index is 1.09. The Morgan fingerprint density at radius 3 is 1.71 bits per heavy atom. The third kappa shape index (κ3) is 6.30. The number of rotatable bonds is 7. The molecular weight excluding hydrogens is 753 g/mol. The van der Waals surface area contributed by atoms with Crippen LogP contribution in [0.5, 0.6) is 0 Å². The second-order valence-corrected chi connectivity index (χ2v) is 18.3. The van der Waals surface area contributed by atoms with Crippen LogP contribution in [0.25, 0.3) is 56.4 Å². The van der Waals surface area contributed by atoms with E-state index in [1.807, 2.05) is 42.5 Å². The lowest BCUT2D eigenvalue weighted by molar-refractivity contribution is 0.0780. The molecule has 0 saturated heterocycles. The van der Waals surface area contributed by atoms with Gasteiger partial charge < -0.3 is 0 Å². The zero-order valence-corrected chi connectivity index (χ0v) is 35.3. The van der Waals surface area contributed by atoms with Crippen molar-refractivity contribution in [3.05, 3.63) is 209 Å². The highest BCUT2D eigenvalue weighted by Gasteiger charge is 2.48. The van der Waals surface area contributed by atoms with Crippen molar-refractivity contribution < 1.29 is 0 Å². The standard InChI is InChI=1S/C58H48N4/c1-38-31-41-32-39(2)35-57(34-38,36-41)46-27-29-48(30-28-46)58(47-17-7-4-8-18-47)51-21-10-9-19-49(51)53-50(20-12-22-52(53)58)56-61-54(43-14-5-3-6-15-43)60-55(62-56)44-25-23-42(24-26-44)45-16-11-13-40(33-45)37-59/h3-30,33,38-39,41H,31-32,34-36H2,1-2H3/t38-,39+,41-,57-,58?. The minimum Gasteiger partial charge on any atom is -0.208 e. The van der Waals surface area contributed by atoms with Crippen molar-refractivity contribution in [3.8, 4) is 62.5 Å². The molecule has 1 aromatic heterocycles. The predicted molar refractivity (Wildman–Crippen MR) is 250 cm³/mol. The van der Waals surface area contributed by atoms with Crippen LogP contribution in [0.2, 0.25) is 0 Å². The lowest BCUT2D eigenvalue weighted by Crippen LogP contribution is -2.42. The summed E-state index contributed by atoms with van der Waals surface area (Å²) in [6.45, 7) is 4.96. The molecule has 0 N–H and O–H groups in total. The Bertz CT molecular complexity index is 2970. The molecule has 0 radical (unpaired) electrons. The van der Waals surface area contributed by atoms with Gasteiger partial charge in [-0.15, -0.1) is 0 Å². The van der Waals surface area contributed by atoms with Gasteiger partial charge in [0.2, 0.25) is 0 Å². The highest BCUT2D eigenvalue weighted by atomic mass is 15.0. The van der Waals surface area contributed by atoms with Crippen LogP contribution < -0.4 is 0 Å². The summed E-state index contributed by atoms with van der Waals surface area (Å²) in [5, 5.41) is 9.52. The van der Waals surface area contributed by atoms with E-state index in [2.05, 4.69) is 153 Å². The van der Waals surface area contributed by atoms with E-state index in [0.29, 0.717) is 23.0 Å². The molecule has 2 bridgehead atoms. The number of benzene rings is 7. The Hall–Kier alpha value is -6.96. The fraction of sp³-hybridized carbons (Fsp3) is 0.207. The van der Waals surface area contributed by atoms with E-state index in [9.17, 15) is 5.26 Å². The number of aromatic nitrogens is 3. The molecule has 2 saturated carbocycles. The Labute approximate surface area is 365 Å². The first kappa shape index (κ1) is 38.0. The summed E-state index contributed by atoms with van der Waals surface area (Å²) in [7, 11) is 0. The van der Waals surface area contributed by atoms with Crippen LogP contribution in [-0.2, 0) is 10.8 Å². The first-order chi connectivity index (χ1) is 30.4. The van der Waals surface area contributed by atoms with E-state index in [-0.39, 0.29) is 5.41 Å². The third-order valence-electron chi connectivity index (χ3n) is 14.2. The maximum atomic E-state index is 9.52. The summed E-state index contributed by atoms with van der Waals surface area (Å²) in [5.74, 6) is 4.22. The highest BCUT2D eigenvalue weighted by Crippen LogP contribution is 2.59. The van der Waals surface area contributed by atoms with Crippen LogP contribution in [0.1, 0.15) is 79.3 Å². The summed E-state index contributed by atoms with van der Waals surface area (Å²) >= 11 is 0. The first-order valence-electron chi connectivity index (χ1n) is 22.2. The monoisotopic (exact) mass is 800 g/mol. The minimum atomic E-state index is -0.557. The van der Waals surface area contributed by atoms with Crippen LogP contribution in [0.3, 0.4) is 0 Å². The van der Waals surface area contributed by atoms with E-state index in [0.717, 1.165) is 51.1 Å². The maximum Gasteiger partial charge on any atom is 0.164 e. The van der Waals surface area contributed by atoms with Gasteiger partial charge in [0.15, 0.2) is 17.5 Å². The van der Waals surface area contributed by atoms with Crippen molar-refractivity contribution in [1.82, 2.24) is 15.0 Å². The molecule has 1 unspecified atom stereocenters. The fourth-order valence-corrected chi connectivity index (χ4v) is 12.0. The molecule has 1 heterocycles. The molecule has 7 aromatic carbocycles. The molecule has 4 nitrogen and oxygen atoms in total. The average molecular weight is 801 g/mol. The number of nitriles is 1. The van der Waals surface area contributed by atoms with E-state index in [4.69, 9.17) is 15.0 Å². The van der Waals surface area contributed by atoms with Gasteiger partial charge in [-0.1, -0.05) is 178 Å². The van der Waals surface area contributed by atoms with Crippen LogP contribution in [0.15, 0.2) is 176 Å². The van der Waals surface area contributed by atoms with Gasteiger partial charge in [0, 0.05) is 16.7 Å². The smallest absolute Gasteiger partial charge is 0.164 e. The van der Waals surface area contributed by atoms with Gasteiger partial charge in [-0.25, -0.2) is 15.0 Å². The molecule has 4 heteroatoms. The van der Waals surface area contributed by atoms with Gasteiger partial charge >= 0.3 is 0 Å². The highest BCUT2D eigenvalue weighted by molar-refractivity contribution is 5.94. The molecule has 0 aliphatic heterocycles. The van der Waals surface area contributed by atoms with Gasteiger partial charge in [-0.3, -0.25) is 0 Å². The third-order valence-corrected chi connectivity index (χ3v) is 14.2. The zero-order valence-electron chi connectivity index (χ0n) is 35.3. The van der Waals surface area contributed by atoms with Gasteiger partial charge in [-0.2, -0.15) is 5.26 Å². The first-order valence-corrected chi connectivity index (χ1v) is 22.2. The number of nitrogens with zero attached hydrogens (tertiary/aromatic N) is 4. The fourth-order valence-electron chi connectivity index (χ4n) is 12.0. The summed E-state index contributed by atoms with van der Waals surface area (Å²) in [6, 6.07) is 65.1. The Kier molecular flexibility index (Phi) is 9.31. The normalized spacial score (nSPS) is 22.3. The van der Waals surface area contributed by atoms with Gasteiger partial charge in [0.1, 0.15) is 0 Å². The van der Waals surface area contributed by atoms with Gasteiger partial charge in [0.05, 0.1) is 17.0 Å². The summed E-state index contributed by atoms with van der Waals surface area (Å²) in [4.78, 5) is 15.7. The summed E-state index contributed by atoms with van der Waals surface area (Å²) in [6.07, 6.45) is 6.63. The predicted octanol–water partition coefficient (Wildman–Crippen LogP) is 13.9. The van der Waals surface area contributed by atoms with Crippen LogP contribution in [0.4, 0.5) is 0 Å². The second kappa shape index (κ2) is 15.2. The van der Waals surface area contributed by atoms with E-state index < -0.39 is 5.41 Å². The van der Waals surface area contributed by atoms with Crippen molar-refractivity contribution in [2.45, 2.75) is 56.8 Å². The summed E-state index contributed by atoms with van der Waals surface area (Å²) in [5.41, 5.74) is 14.0. The van der Waals surface area contributed by atoms with Crippen molar-refractivity contribution in [3.63, 3.8) is 0 Å². The van der Waals surface area contributed by atoms with Gasteiger partial charge in [0.25, 0.3) is 0 Å². The second-order valence-electron chi connectivity index (χ2n) is 18.3. The molecule has 0 spiro atoms. The zero-order chi connectivity index (χ0) is 41.8. The molecule has 8 aromatic rings. The summed E-state index contributed by atoms with van der Waals surface area (Å²) < 4.78 is 0. The molecule has 3 aliphatic carbocycles. The lowest BCUT2D eigenvalue weighted by Gasteiger charge is -2.50. The van der Waals surface area contributed by atoms with E-state index >= 15 is 0 Å². The minimum absolute atomic E-state index is 0.257. The average Bonchev–Trinajstić information content (AvgIpc) is 3.63. The molecule has 3 aliphatic rings. The molecule has 0 amide bonds. The topological polar surface area (TPSA) is 62.5 Å². The molecule has 11 rings (SSSR count). The SMILES string of the molecule is C[C@@H]1C[C@@H]2C[C@H](C)C[C@](c3ccc(C4(c5ccccc5)c5ccccc5-c5c(-c6nc(-c7ccccc7)nc(-c7ccc(-c8cccc(C#N)c8)cc7)n6)cccc54)cc3)(C1)C2. The molecular formula is C58H48N4. The number of fused-ring (bicyclic) bond motifs is 5. The Morgan fingerprint density at radius 2 is 1.00 bits per heavy atom. The van der Waals surface area contributed by atoms with Crippen LogP contribution in [-0.4, -0.2) is 15.0 Å². The van der Waals surface area contributed by atoms with E-state index in [1.165, 1.54) is 65.5 Å². The Morgan fingerprint density at radius 1 is 0.468 bits per heavy atom. The number of hydrogen-bond acceptors (Lipinski definition) is 4. The number of hydrogen-bond donors (Lipinski definition) is 0. The maximum absolute atomic E-state index is 9.52. The van der Waals surface area contributed by atoms with Crippen molar-refractivity contribution >= 4 is 0 Å². The van der Waals surface area contributed by atoms with E-state index in [1.54, 1.807) is 0 Å². The quantitative estimate of drug-likeness (QED) is 0.161. The van der Waals surface area contributed by atoms with Crippen molar-refractivity contribution in [1.29, 1.82) is 5.26 Å². The molecule has 2 fully saturated rings. The molecule has 5 atom stereocenters. The lowest BCUT2D eigenvalue weighted by atomic mass is 9.54. The van der Waals surface area contributed by atoms with Crippen molar-refractivity contribution in [2.24, 2.45) is 17.8 Å². The van der Waals surface area contributed by atoms with Crippen LogP contribution >= 0.6 is 0 Å². The molecule has 300 valence electrons. The van der Waals surface area contributed by atoms with Crippen LogP contribution in [0, 0.1) is 29.1 Å². The largest absolute Gasteiger partial charge is 0.208 e. The van der Waals surface area contributed by atoms with Crippen molar-refractivity contribution in [2.75, 3.05) is 0 Å². The molecule has 62 heavy (non-hydrogen) atoms. The van der Waals surface area contributed by atoms with Gasteiger partial charge in [-0.05, 0) is 117 Å².